The third-order valence-electron chi connectivity index (χ3n) is 8.82. The Bertz CT molecular complexity index is 1550. The molecular weight excluding hydrogens is 506 g/mol. The molecule has 2 aromatic rings. The van der Waals surface area contributed by atoms with Crippen LogP contribution in [0.3, 0.4) is 0 Å². The first-order valence-electron chi connectivity index (χ1n) is 14.6. The van der Waals surface area contributed by atoms with Crippen LogP contribution >= 0.6 is 0 Å². The number of aliphatic imine (C=N–C) groups is 2. The van der Waals surface area contributed by atoms with Gasteiger partial charge < -0.3 is 15.3 Å². The van der Waals surface area contributed by atoms with Crippen molar-refractivity contribution in [3.8, 4) is 6.19 Å². The number of aliphatic hydroxyl groups is 1. The molecule has 2 heterocycles. The monoisotopic (exact) mass is 549 g/mol. The van der Waals surface area contributed by atoms with Gasteiger partial charge in [0, 0.05) is 33.4 Å². The van der Waals surface area contributed by atoms with Crippen molar-refractivity contribution in [3.63, 3.8) is 0 Å². The van der Waals surface area contributed by atoms with Gasteiger partial charge in [0.15, 0.2) is 0 Å². The summed E-state index contributed by atoms with van der Waals surface area (Å²) in [7, 11) is 0. The van der Waals surface area contributed by atoms with Crippen molar-refractivity contribution in [3.05, 3.63) is 93.4 Å². The molecule has 41 heavy (non-hydrogen) atoms. The highest BCUT2D eigenvalue weighted by Crippen LogP contribution is 2.49. The largest absolute Gasteiger partial charge is 0.507 e. The number of benzene rings is 2. The van der Waals surface area contributed by atoms with Crippen LogP contribution in [0.4, 0.5) is 11.4 Å². The Morgan fingerprint density at radius 1 is 0.902 bits per heavy atom. The fraction of sp³-hybridized carbons (Fsp3) is 0.400. The Kier molecular flexibility index (Phi) is 8.42. The van der Waals surface area contributed by atoms with Gasteiger partial charge >= 0.3 is 0 Å². The van der Waals surface area contributed by atoms with Gasteiger partial charge in [-0.1, -0.05) is 84.9 Å². The second-order valence-corrected chi connectivity index (χ2v) is 11.8. The summed E-state index contributed by atoms with van der Waals surface area (Å²) in [6.07, 6.45) is 1.94. The van der Waals surface area contributed by atoms with E-state index in [0.717, 1.165) is 39.5 Å². The van der Waals surface area contributed by atoms with Gasteiger partial charge in [0.25, 0.3) is 0 Å². The third kappa shape index (κ3) is 5.04. The molecule has 214 valence electrons. The van der Waals surface area contributed by atoms with Crippen LogP contribution in [0.2, 0.25) is 0 Å². The minimum Gasteiger partial charge on any atom is -0.507 e. The van der Waals surface area contributed by atoms with Gasteiger partial charge in [0.05, 0.1) is 17.1 Å². The molecule has 2 N–H and O–H groups in total. The van der Waals surface area contributed by atoms with E-state index < -0.39 is 0 Å². The van der Waals surface area contributed by atoms with Crippen LogP contribution in [0, 0.1) is 11.5 Å². The highest BCUT2D eigenvalue weighted by atomic mass is 16.3. The van der Waals surface area contributed by atoms with Crippen LogP contribution in [0.5, 0.6) is 0 Å². The average molecular weight is 550 g/mol. The SMILES string of the molecule is CC(C1=Nc2ccccc2C1(C)C)=C1C(=NC#N)C(C(C)=C2Nc3ccccc3C2(C)C)=C1O.CCN(CC)CC. The molecule has 6 nitrogen and oxygen atoms in total. The number of nitrogens with zero attached hydrogens (tertiary/aromatic N) is 4. The van der Waals surface area contributed by atoms with Gasteiger partial charge in [0.1, 0.15) is 5.76 Å². The molecule has 0 amide bonds. The van der Waals surface area contributed by atoms with Crippen LogP contribution in [-0.4, -0.2) is 41.1 Å². The van der Waals surface area contributed by atoms with Gasteiger partial charge in [-0.25, -0.2) is 0 Å². The zero-order valence-electron chi connectivity index (χ0n) is 26.0. The predicted molar refractivity (Wildman–Crippen MR) is 171 cm³/mol. The smallest absolute Gasteiger partial charge is 0.206 e. The van der Waals surface area contributed by atoms with Crippen molar-refractivity contribution in [2.24, 2.45) is 9.98 Å². The standard InChI is InChI=1S/C29H28N4O.C6H15N/c1-16(26-28(3,4)18-11-7-9-13-20(18)32-26)22-24(31-15-30)23(25(22)34)17(2)27-29(5,6)19-12-8-10-14-21(19)33-27;1-4-7(5-2)6-3/h7-14,32,34H,1-6H3;4-6H2,1-3H3. The van der Waals surface area contributed by atoms with Gasteiger partial charge in [-0.2, -0.15) is 10.3 Å². The maximum Gasteiger partial charge on any atom is 0.206 e. The second-order valence-electron chi connectivity index (χ2n) is 11.8. The molecule has 2 aromatic carbocycles. The van der Waals surface area contributed by atoms with Crippen LogP contribution in [0.15, 0.2) is 92.3 Å². The predicted octanol–water partition coefficient (Wildman–Crippen LogP) is 8.14. The van der Waals surface area contributed by atoms with E-state index >= 15 is 0 Å². The number of rotatable bonds is 5. The second kappa shape index (κ2) is 11.5. The molecule has 0 bridgehead atoms. The summed E-state index contributed by atoms with van der Waals surface area (Å²) < 4.78 is 0. The molecule has 0 unspecified atom stereocenters. The molecule has 6 heteroatoms. The van der Waals surface area contributed by atoms with Crippen LogP contribution in [-0.2, 0) is 10.8 Å². The fourth-order valence-corrected chi connectivity index (χ4v) is 6.36. The van der Waals surface area contributed by atoms with E-state index in [-0.39, 0.29) is 16.6 Å². The molecule has 0 saturated heterocycles. The van der Waals surface area contributed by atoms with E-state index in [9.17, 15) is 10.4 Å². The summed E-state index contributed by atoms with van der Waals surface area (Å²) >= 11 is 0. The number of para-hydroxylation sites is 2. The van der Waals surface area contributed by atoms with Crippen molar-refractivity contribution in [1.29, 1.82) is 5.26 Å². The quantitative estimate of drug-likeness (QED) is 0.369. The molecule has 1 aliphatic carbocycles. The molecule has 2 aliphatic heterocycles. The van der Waals surface area contributed by atoms with Crippen LogP contribution in [0.1, 0.15) is 73.4 Å². The van der Waals surface area contributed by atoms with Crippen molar-refractivity contribution in [1.82, 2.24) is 4.90 Å². The first kappa shape index (κ1) is 30.0. The number of nitrogens with one attached hydrogen (secondary N) is 1. The van der Waals surface area contributed by atoms with E-state index in [1.54, 1.807) is 0 Å². The highest BCUT2D eigenvalue weighted by molar-refractivity contribution is 6.29. The van der Waals surface area contributed by atoms with Gasteiger partial charge in [-0.15, -0.1) is 0 Å². The molecule has 3 aliphatic rings. The van der Waals surface area contributed by atoms with E-state index in [0.29, 0.717) is 16.9 Å². The Hall–Kier alpha value is -3.95. The Morgan fingerprint density at radius 2 is 1.49 bits per heavy atom. The summed E-state index contributed by atoms with van der Waals surface area (Å²) in [6, 6.07) is 16.3. The van der Waals surface area contributed by atoms with Gasteiger partial charge in [-0.05, 0) is 67.9 Å². The van der Waals surface area contributed by atoms with Crippen molar-refractivity contribution < 1.29 is 5.11 Å². The number of hydrogen-bond donors (Lipinski definition) is 2. The maximum absolute atomic E-state index is 11.3. The van der Waals surface area contributed by atoms with E-state index in [1.165, 1.54) is 25.2 Å². The van der Waals surface area contributed by atoms with Crippen molar-refractivity contribution >= 4 is 22.8 Å². The van der Waals surface area contributed by atoms with E-state index in [4.69, 9.17) is 4.99 Å². The molecule has 0 atom stereocenters. The van der Waals surface area contributed by atoms with Crippen molar-refractivity contribution in [2.75, 3.05) is 25.0 Å². The molecular formula is C35H43N5O. The summed E-state index contributed by atoms with van der Waals surface area (Å²) in [6.45, 7) is 22.7. The van der Waals surface area contributed by atoms with E-state index in [1.807, 2.05) is 50.4 Å². The Balaban J connectivity index is 0.000000493. The zero-order chi connectivity index (χ0) is 30.1. The Labute approximate surface area is 245 Å². The van der Waals surface area contributed by atoms with Crippen molar-refractivity contribution in [2.45, 2.75) is 73.1 Å². The number of hydrogen-bond acceptors (Lipinski definition) is 6. The summed E-state index contributed by atoms with van der Waals surface area (Å²) in [5.74, 6) is 0.166. The fourth-order valence-electron chi connectivity index (χ4n) is 6.36. The summed E-state index contributed by atoms with van der Waals surface area (Å²) in [5.41, 5.74) is 9.14. The zero-order valence-corrected chi connectivity index (χ0v) is 26.0. The molecule has 0 fully saturated rings. The molecule has 0 saturated carbocycles. The summed E-state index contributed by atoms with van der Waals surface area (Å²) in [5, 5.41) is 24.3. The topological polar surface area (TPSA) is 84.0 Å². The summed E-state index contributed by atoms with van der Waals surface area (Å²) in [4.78, 5) is 11.4. The molecule has 5 rings (SSSR count). The number of allylic oxidation sites excluding steroid dienone is 5. The molecule has 0 spiro atoms. The average Bonchev–Trinajstić information content (AvgIpc) is 3.39. The van der Waals surface area contributed by atoms with E-state index in [2.05, 4.69) is 81.9 Å². The lowest BCUT2D eigenvalue weighted by Crippen LogP contribution is -2.33. The first-order chi connectivity index (χ1) is 19.4. The number of nitriles is 1. The number of anilines is 1. The third-order valence-corrected chi connectivity index (χ3v) is 8.82. The lowest BCUT2D eigenvalue weighted by molar-refractivity contribution is 0.321. The molecule has 0 radical (unpaired) electrons. The van der Waals surface area contributed by atoms with Crippen LogP contribution in [0.25, 0.3) is 0 Å². The highest BCUT2D eigenvalue weighted by Gasteiger charge is 2.43. The minimum atomic E-state index is -0.314. The maximum atomic E-state index is 11.3. The number of aliphatic hydroxyl groups excluding tert-OH is 1. The number of fused-ring (bicyclic) bond motifs is 2. The van der Waals surface area contributed by atoms with Gasteiger partial charge in [0.2, 0.25) is 6.19 Å². The van der Waals surface area contributed by atoms with Crippen LogP contribution < -0.4 is 5.32 Å². The lowest BCUT2D eigenvalue weighted by atomic mass is 9.72. The lowest BCUT2D eigenvalue weighted by Gasteiger charge is -2.32. The van der Waals surface area contributed by atoms with Gasteiger partial charge in [-0.3, -0.25) is 4.99 Å². The Morgan fingerprint density at radius 3 is 2.02 bits per heavy atom. The first-order valence-corrected chi connectivity index (χ1v) is 14.6. The normalized spacial score (nSPS) is 21.2. The minimum absolute atomic E-state index is 0.166. The molecule has 0 aromatic heterocycles.